The van der Waals surface area contributed by atoms with Crippen molar-refractivity contribution in [3.63, 3.8) is 0 Å². The molecule has 0 aliphatic rings. The molecule has 0 saturated carbocycles. The molecular weight excluding hydrogens is 92.1 g/mol. The summed E-state index contributed by atoms with van der Waals surface area (Å²) >= 11 is 4.63. The van der Waals surface area contributed by atoms with Gasteiger partial charge in [0.2, 0.25) is 0 Å². The third kappa shape index (κ3) is 4.09. The Kier molecular flexibility index (Phi) is 5.17. The number of rotatable bonds is 2. The number of hydrogen-bond acceptors (Lipinski definition) is 0. The van der Waals surface area contributed by atoms with E-state index in [4.69, 9.17) is 0 Å². The minimum Gasteiger partial charge on any atom is -0.0897 e. The first-order chi connectivity index (χ1) is 2.91. The predicted molar refractivity (Wildman–Crippen MR) is 31.9 cm³/mol. The summed E-state index contributed by atoms with van der Waals surface area (Å²) < 4.78 is 0. The first-order valence-corrected chi connectivity index (χ1v) is 2.72. The van der Waals surface area contributed by atoms with E-state index in [9.17, 15) is 0 Å². The van der Waals surface area contributed by atoms with Gasteiger partial charge in [0.15, 0.2) is 0 Å². The van der Waals surface area contributed by atoms with Crippen molar-refractivity contribution in [2.24, 2.45) is 0 Å². The average molecular weight is 101 g/mol. The van der Waals surface area contributed by atoms with Crippen LogP contribution in [-0.2, 0) is 0 Å². The second kappa shape index (κ2) is 5.09. The van der Waals surface area contributed by atoms with Crippen LogP contribution < -0.4 is 0 Å². The van der Waals surface area contributed by atoms with Gasteiger partial charge in [0.1, 0.15) is 0 Å². The Bertz CT molecular complexity index is 33.2. The molecule has 0 aromatic carbocycles. The summed E-state index contributed by atoms with van der Waals surface area (Å²) in [7, 11) is 0. The normalized spacial score (nSPS) is 10.3. The summed E-state index contributed by atoms with van der Waals surface area (Å²) in [5, 5.41) is 0. The highest BCUT2D eigenvalue weighted by Gasteiger charge is 1.61. The molecule has 0 aromatic heterocycles. The molecule has 0 fully saturated rings. The Labute approximate surface area is 44.7 Å². The van der Waals surface area contributed by atoms with Crippen LogP contribution in [0.5, 0.6) is 0 Å². The summed E-state index contributed by atoms with van der Waals surface area (Å²) in [4.78, 5) is 0. The van der Waals surface area contributed by atoms with Gasteiger partial charge in [-0.3, -0.25) is 0 Å². The van der Waals surface area contributed by atoms with Crippen LogP contribution >= 0.6 is 12.6 Å². The fraction of sp³-hybridized carbons (Fsp3) is 0.600. The Hall–Kier alpha value is 0.0900. The van der Waals surface area contributed by atoms with Gasteiger partial charge in [0.05, 0.1) is 0 Å². The summed E-state index contributed by atoms with van der Waals surface area (Å²) in [6.45, 7) is 2.10. The van der Waals surface area contributed by atoms with Gasteiger partial charge < -0.3 is 0 Å². The molecule has 35 valence electrons. The molecule has 0 amide bonds. The van der Waals surface area contributed by atoms with Crippen LogP contribution in [-0.4, -0.2) is 5.75 Å². The zero-order valence-corrected chi connectivity index (χ0v) is 4.79. The standard InChI is InChI=1S/C5H9S/c1-2-3-4-5-6/h3-4H,2,5H2,1H3/b4-3+. The second-order valence-corrected chi connectivity index (χ2v) is 1.38. The number of hydrogen-bond donors (Lipinski definition) is 0. The smallest absolute Gasteiger partial charge is 0.0217 e. The predicted octanol–water partition coefficient (Wildman–Crippen LogP) is 2.15. The molecule has 0 unspecified atom stereocenters. The molecule has 1 radical (unpaired) electrons. The van der Waals surface area contributed by atoms with Gasteiger partial charge in [-0.15, -0.1) is 0 Å². The van der Waals surface area contributed by atoms with Crippen LogP contribution in [0.4, 0.5) is 0 Å². The van der Waals surface area contributed by atoms with Gasteiger partial charge in [0.25, 0.3) is 0 Å². The maximum atomic E-state index is 4.63. The number of allylic oxidation sites excluding steroid dienone is 1. The van der Waals surface area contributed by atoms with Crippen molar-refractivity contribution in [1.29, 1.82) is 0 Å². The van der Waals surface area contributed by atoms with Crippen molar-refractivity contribution in [3.8, 4) is 0 Å². The Balaban J connectivity index is 2.73. The first-order valence-electron chi connectivity index (χ1n) is 2.15. The SMILES string of the molecule is CC/C=C/C[S]. The largest absolute Gasteiger partial charge is 0.0897 e. The molecule has 0 saturated heterocycles. The summed E-state index contributed by atoms with van der Waals surface area (Å²) in [6, 6.07) is 0. The Morgan fingerprint density at radius 2 is 2.17 bits per heavy atom. The summed E-state index contributed by atoms with van der Waals surface area (Å²) in [6.07, 6.45) is 5.18. The summed E-state index contributed by atoms with van der Waals surface area (Å²) in [5.41, 5.74) is 0. The fourth-order valence-corrected chi connectivity index (χ4v) is 0.371. The molecule has 0 rings (SSSR count). The molecule has 0 spiro atoms. The van der Waals surface area contributed by atoms with E-state index in [1.165, 1.54) is 0 Å². The Morgan fingerprint density at radius 1 is 1.50 bits per heavy atom. The van der Waals surface area contributed by atoms with E-state index in [1.54, 1.807) is 0 Å². The lowest BCUT2D eigenvalue weighted by molar-refractivity contribution is 1.22. The molecule has 0 heterocycles. The van der Waals surface area contributed by atoms with Crippen LogP contribution in [0, 0.1) is 0 Å². The van der Waals surface area contributed by atoms with Crippen molar-refractivity contribution >= 4 is 12.6 Å². The van der Waals surface area contributed by atoms with Gasteiger partial charge >= 0.3 is 0 Å². The monoisotopic (exact) mass is 101 g/mol. The lowest BCUT2D eigenvalue weighted by Crippen LogP contribution is -1.56. The van der Waals surface area contributed by atoms with E-state index in [-0.39, 0.29) is 0 Å². The van der Waals surface area contributed by atoms with Gasteiger partial charge in [-0.1, -0.05) is 31.7 Å². The van der Waals surface area contributed by atoms with Gasteiger partial charge in [-0.25, -0.2) is 0 Å². The van der Waals surface area contributed by atoms with Gasteiger partial charge in [-0.2, -0.15) is 0 Å². The molecule has 1 heteroatoms. The lowest BCUT2D eigenvalue weighted by Gasteiger charge is -1.71. The highest BCUT2D eigenvalue weighted by Crippen LogP contribution is 1.79. The van der Waals surface area contributed by atoms with Crippen LogP contribution in [0.1, 0.15) is 13.3 Å². The van der Waals surface area contributed by atoms with Crippen molar-refractivity contribution in [3.05, 3.63) is 12.2 Å². The van der Waals surface area contributed by atoms with Crippen molar-refractivity contribution in [1.82, 2.24) is 0 Å². The molecular formula is C5H9S. The highest BCUT2D eigenvalue weighted by molar-refractivity contribution is 7.80. The van der Waals surface area contributed by atoms with E-state index in [0.717, 1.165) is 12.2 Å². The van der Waals surface area contributed by atoms with Crippen LogP contribution in [0.2, 0.25) is 0 Å². The van der Waals surface area contributed by atoms with Crippen LogP contribution in [0.15, 0.2) is 12.2 Å². The molecule has 0 nitrogen and oxygen atoms in total. The topological polar surface area (TPSA) is 0 Å². The quantitative estimate of drug-likeness (QED) is 0.467. The lowest BCUT2D eigenvalue weighted by atomic mass is 10.4. The van der Waals surface area contributed by atoms with E-state index in [2.05, 4.69) is 25.6 Å². The molecule has 0 aliphatic heterocycles. The van der Waals surface area contributed by atoms with E-state index >= 15 is 0 Å². The maximum absolute atomic E-state index is 4.63. The van der Waals surface area contributed by atoms with E-state index in [0.29, 0.717) is 0 Å². The zero-order chi connectivity index (χ0) is 4.83. The first kappa shape index (κ1) is 6.09. The maximum Gasteiger partial charge on any atom is 0.0217 e. The fourth-order valence-electron chi connectivity index (χ4n) is 0.235. The van der Waals surface area contributed by atoms with Gasteiger partial charge in [0, 0.05) is 5.75 Å². The van der Waals surface area contributed by atoms with E-state index in [1.807, 2.05) is 6.08 Å². The van der Waals surface area contributed by atoms with Crippen molar-refractivity contribution in [2.45, 2.75) is 13.3 Å². The Morgan fingerprint density at radius 3 is 2.33 bits per heavy atom. The molecule has 0 N–H and O–H groups in total. The third-order valence-corrected chi connectivity index (χ3v) is 0.691. The minimum atomic E-state index is 0.758. The molecule has 0 aromatic rings. The average Bonchev–Trinajstić information content (AvgIpc) is 1.61. The third-order valence-electron chi connectivity index (χ3n) is 0.499. The molecule has 6 heavy (non-hydrogen) atoms. The van der Waals surface area contributed by atoms with Crippen LogP contribution in [0.25, 0.3) is 0 Å². The van der Waals surface area contributed by atoms with Crippen molar-refractivity contribution < 1.29 is 0 Å². The second-order valence-electron chi connectivity index (χ2n) is 1.05. The molecule has 0 aliphatic carbocycles. The zero-order valence-electron chi connectivity index (χ0n) is 3.98. The highest BCUT2D eigenvalue weighted by atomic mass is 32.1. The minimum absolute atomic E-state index is 0.758. The van der Waals surface area contributed by atoms with Gasteiger partial charge in [-0.05, 0) is 6.42 Å². The van der Waals surface area contributed by atoms with Crippen LogP contribution in [0.3, 0.4) is 0 Å². The van der Waals surface area contributed by atoms with Crippen molar-refractivity contribution in [2.75, 3.05) is 5.75 Å². The molecule has 0 atom stereocenters. The molecule has 0 bridgehead atoms. The van der Waals surface area contributed by atoms with E-state index < -0.39 is 0 Å². The summed E-state index contributed by atoms with van der Waals surface area (Å²) in [5.74, 6) is 0.758.